The molecule has 24 heavy (non-hydrogen) atoms. The summed E-state index contributed by atoms with van der Waals surface area (Å²) in [6.07, 6.45) is 5.18. The molecule has 1 aliphatic rings. The van der Waals surface area contributed by atoms with E-state index >= 15 is 0 Å². The van der Waals surface area contributed by atoms with Crippen LogP contribution >= 0.6 is 0 Å². The topological polar surface area (TPSA) is 51.0 Å². The van der Waals surface area contributed by atoms with Crippen molar-refractivity contribution in [1.29, 1.82) is 0 Å². The van der Waals surface area contributed by atoms with Gasteiger partial charge in [0.2, 0.25) is 5.90 Å². The number of benzene rings is 1. The second-order valence-electron chi connectivity index (χ2n) is 6.67. The molecule has 0 saturated carbocycles. The molecule has 1 N–H and O–H groups in total. The highest BCUT2D eigenvalue weighted by Crippen LogP contribution is 2.16. The average molecular weight is 333 g/mol. The molecule has 1 aromatic carbocycles. The minimum absolute atomic E-state index is 0.0549. The van der Waals surface area contributed by atoms with Crippen LogP contribution in [0.25, 0.3) is 0 Å². The average Bonchev–Trinajstić information content (AvgIpc) is 3.08. The van der Waals surface area contributed by atoms with Crippen LogP contribution in [0.3, 0.4) is 0 Å². The Bertz CT molecular complexity index is 489. The summed E-state index contributed by atoms with van der Waals surface area (Å²) in [5.74, 6) is 1.05. The Morgan fingerprint density at radius 3 is 2.79 bits per heavy atom. The molecule has 3 atom stereocenters. The summed E-state index contributed by atoms with van der Waals surface area (Å²) in [4.78, 5) is 4.57. The van der Waals surface area contributed by atoms with Gasteiger partial charge in [0.15, 0.2) is 0 Å². The summed E-state index contributed by atoms with van der Waals surface area (Å²) in [7, 11) is 0. The molecule has 0 spiro atoms. The highest BCUT2D eigenvalue weighted by Gasteiger charge is 2.20. The van der Waals surface area contributed by atoms with Crippen LogP contribution in [0.5, 0.6) is 0 Å². The van der Waals surface area contributed by atoms with Crippen molar-refractivity contribution in [2.75, 3.05) is 19.8 Å². The van der Waals surface area contributed by atoms with Crippen LogP contribution in [-0.4, -0.2) is 43.0 Å². The SMILES string of the molecule is CCCCCC(C)[C@@H](O)CCOC[C@@H]1COC(c2ccccc2)=N1. The number of aliphatic imine (C=N–C) groups is 1. The summed E-state index contributed by atoms with van der Waals surface area (Å²) in [6.45, 7) is 6.02. The number of ether oxygens (including phenoxy) is 2. The third kappa shape index (κ3) is 6.25. The number of nitrogens with zero attached hydrogens (tertiary/aromatic N) is 1. The quantitative estimate of drug-likeness (QED) is 0.626. The van der Waals surface area contributed by atoms with E-state index in [-0.39, 0.29) is 12.1 Å². The molecule has 0 amide bonds. The third-order valence-electron chi connectivity index (χ3n) is 4.52. The minimum atomic E-state index is -0.273. The monoisotopic (exact) mass is 333 g/mol. The van der Waals surface area contributed by atoms with Crippen LogP contribution < -0.4 is 0 Å². The molecule has 4 nitrogen and oxygen atoms in total. The molecule has 134 valence electrons. The second-order valence-corrected chi connectivity index (χ2v) is 6.67. The van der Waals surface area contributed by atoms with E-state index in [1.807, 2.05) is 30.3 Å². The Morgan fingerprint density at radius 2 is 2.04 bits per heavy atom. The molecule has 1 aromatic rings. The molecular formula is C20H31NO3. The Kier molecular flexibility index (Phi) is 8.26. The molecule has 0 saturated heterocycles. The second kappa shape index (κ2) is 10.5. The van der Waals surface area contributed by atoms with Crippen LogP contribution in [0, 0.1) is 5.92 Å². The van der Waals surface area contributed by atoms with E-state index in [4.69, 9.17) is 9.47 Å². The maximum Gasteiger partial charge on any atom is 0.216 e. The van der Waals surface area contributed by atoms with E-state index in [2.05, 4.69) is 18.8 Å². The maximum atomic E-state index is 10.2. The van der Waals surface area contributed by atoms with Crippen molar-refractivity contribution in [2.24, 2.45) is 10.9 Å². The fraction of sp³-hybridized carbons (Fsp3) is 0.650. The third-order valence-corrected chi connectivity index (χ3v) is 4.52. The molecule has 2 rings (SSSR count). The summed E-state index contributed by atoms with van der Waals surface area (Å²) < 4.78 is 11.3. The lowest BCUT2D eigenvalue weighted by Crippen LogP contribution is -2.22. The maximum absolute atomic E-state index is 10.2. The van der Waals surface area contributed by atoms with Crippen LogP contribution in [0.4, 0.5) is 0 Å². The zero-order valence-electron chi connectivity index (χ0n) is 15.0. The van der Waals surface area contributed by atoms with Crippen molar-refractivity contribution < 1.29 is 14.6 Å². The lowest BCUT2D eigenvalue weighted by Gasteiger charge is -2.18. The van der Waals surface area contributed by atoms with E-state index in [1.165, 1.54) is 19.3 Å². The summed E-state index contributed by atoms with van der Waals surface area (Å²) in [5, 5.41) is 10.2. The first kappa shape index (κ1) is 18.9. The molecule has 1 aliphatic heterocycles. The number of hydrogen-bond acceptors (Lipinski definition) is 4. The first-order valence-corrected chi connectivity index (χ1v) is 9.22. The smallest absolute Gasteiger partial charge is 0.216 e. The normalized spacial score (nSPS) is 19.6. The number of hydrogen-bond donors (Lipinski definition) is 1. The molecule has 0 radical (unpaired) electrons. The molecule has 0 bridgehead atoms. The van der Waals surface area contributed by atoms with Gasteiger partial charge in [0.1, 0.15) is 12.6 Å². The Balaban J connectivity index is 1.62. The largest absolute Gasteiger partial charge is 0.475 e. The van der Waals surface area contributed by atoms with Crippen molar-refractivity contribution in [1.82, 2.24) is 0 Å². The van der Waals surface area contributed by atoms with Gasteiger partial charge in [-0.15, -0.1) is 0 Å². The fourth-order valence-corrected chi connectivity index (χ4v) is 2.86. The van der Waals surface area contributed by atoms with Crippen LogP contribution in [-0.2, 0) is 9.47 Å². The molecule has 4 heteroatoms. The van der Waals surface area contributed by atoms with Gasteiger partial charge in [-0.25, -0.2) is 4.99 Å². The van der Waals surface area contributed by atoms with Gasteiger partial charge in [0, 0.05) is 12.2 Å². The first-order valence-electron chi connectivity index (χ1n) is 9.22. The molecule has 0 aromatic heterocycles. The highest BCUT2D eigenvalue weighted by molar-refractivity contribution is 5.95. The number of rotatable bonds is 11. The van der Waals surface area contributed by atoms with Crippen LogP contribution in [0.1, 0.15) is 51.5 Å². The van der Waals surface area contributed by atoms with Gasteiger partial charge in [-0.05, 0) is 30.9 Å². The van der Waals surface area contributed by atoms with Gasteiger partial charge >= 0.3 is 0 Å². The molecule has 0 aliphatic carbocycles. The number of unbranched alkanes of at least 4 members (excludes halogenated alkanes) is 2. The predicted octanol–water partition coefficient (Wildman–Crippen LogP) is 3.82. The van der Waals surface area contributed by atoms with E-state index in [0.717, 1.165) is 12.0 Å². The van der Waals surface area contributed by atoms with E-state index in [9.17, 15) is 5.11 Å². The van der Waals surface area contributed by atoms with Crippen molar-refractivity contribution in [2.45, 2.75) is 58.1 Å². The number of aliphatic hydroxyl groups excluding tert-OH is 1. The van der Waals surface area contributed by atoms with Crippen molar-refractivity contribution in [3.8, 4) is 0 Å². The van der Waals surface area contributed by atoms with E-state index < -0.39 is 0 Å². The van der Waals surface area contributed by atoms with Crippen LogP contribution in [0.2, 0.25) is 0 Å². The lowest BCUT2D eigenvalue weighted by molar-refractivity contribution is 0.0466. The summed E-state index contributed by atoms with van der Waals surface area (Å²) in [5.41, 5.74) is 1.01. The summed E-state index contributed by atoms with van der Waals surface area (Å²) >= 11 is 0. The first-order chi connectivity index (χ1) is 11.7. The molecule has 1 heterocycles. The standard InChI is InChI=1S/C20H31NO3/c1-3-4-6-9-16(2)19(22)12-13-23-14-18-15-24-20(21-18)17-10-7-5-8-11-17/h5,7-8,10-11,16,18-19,22H,3-4,6,9,12-15H2,1-2H3/t16?,18-,19+/m1/s1. The van der Waals surface area contributed by atoms with E-state index in [0.29, 0.717) is 38.1 Å². The van der Waals surface area contributed by atoms with Gasteiger partial charge in [0.25, 0.3) is 0 Å². The molecular weight excluding hydrogens is 302 g/mol. The Labute approximate surface area is 145 Å². The minimum Gasteiger partial charge on any atom is -0.475 e. The Hall–Kier alpha value is -1.39. The summed E-state index contributed by atoms with van der Waals surface area (Å²) in [6, 6.07) is 9.99. The zero-order chi connectivity index (χ0) is 17.2. The molecule has 0 fully saturated rings. The van der Waals surface area contributed by atoms with Crippen molar-refractivity contribution >= 4 is 5.90 Å². The van der Waals surface area contributed by atoms with Gasteiger partial charge < -0.3 is 14.6 Å². The van der Waals surface area contributed by atoms with Gasteiger partial charge in [-0.2, -0.15) is 0 Å². The fourth-order valence-electron chi connectivity index (χ4n) is 2.86. The Morgan fingerprint density at radius 1 is 1.25 bits per heavy atom. The van der Waals surface area contributed by atoms with Crippen LogP contribution in [0.15, 0.2) is 35.3 Å². The van der Waals surface area contributed by atoms with Gasteiger partial charge in [-0.1, -0.05) is 51.3 Å². The van der Waals surface area contributed by atoms with Crippen molar-refractivity contribution in [3.05, 3.63) is 35.9 Å². The molecule has 1 unspecified atom stereocenters. The lowest BCUT2D eigenvalue weighted by atomic mass is 9.96. The van der Waals surface area contributed by atoms with E-state index in [1.54, 1.807) is 0 Å². The number of aliphatic hydroxyl groups is 1. The van der Waals surface area contributed by atoms with Gasteiger partial charge in [0.05, 0.1) is 12.7 Å². The van der Waals surface area contributed by atoms with Crippen molar-refractivity contribution in [3.63, 3.8) is 0 Å². The zero-order valence-corrected chi connectivity index (χ0v) is 15.0. The van der Waals surface area contributed by atoms with Gasteiger partial charge in [-0.3, -0.25) is 0 Å². The highest BCUT2D eigenvalue weighted by atomic mass is 16.5. The predicted molar refractivity (Wildman–Crippen MR) is 97.5 cm³/mol.